The SMILES string of the molecule is NC(=O)C1CCN(c2ccnc(Cc3ccccc3)n2)C1. The summed E-state index contributed by atoms with van der Waals surface area (Å²) in [7, 11) is 0. The van der Waals surface area contributed by atoms with Gasteiger partial charge in [0.25, 0.3) is 0 Å². The van der Waals surface area contributed by atoms with Crippen LogP contribution in [-0.4, -0.2) is 29.0 Å². The van der Waals surface area contributed by atoms with Gasteiger partial charge in [0.05, 0.1) is 5.92 Å². The van der Waals surface area contributed by atoms with Gasteiger partial charge in [-0.3, -0.25) is 4.79 Å². The van der Waals surface area contributed by atoms with Gasteiger partial charge < -0.3 is 10.6 Å². The molecule has 1 atom stereocenters. The molecule has 3 rings (SSSR count). The standard InChI is InChI=1S/C16H18N4O/c17-16(21)13-7-9-20(11-13)15-6-8-18-14(19-15)10-12-4-2-1-3-5-12/h1-6,8,13H,7,9-11H2,(H2,17,21). The number of primary amides is 1. The van der Waals surface area contributed by atoms with E-state index >= 15 is 0 Å². The molecule has 0 spiro atoms. The van der Waals surface area contributed by atoms with Crippen molar-refractivity contribution in [3.63, 3.8) is 0 Å². The van der Waals surface area contributed by atoms with Gasteiger partial charge in [-0.2, -0.15) is 0 Å². The molecular formula is C16H18N4O. The third-order valence-electron chi connectivity index (χ3n) is 3.81. The lowest BCUT2D eigenvalue weighted by molar-refractivity contribution is -0.121. The number of nitrogens with zero attached hydrogens (tertiary/aromatic N) is 3. The fourth-order valence-electron chi connectivity index (χ4n) is 2.63. The van der Waals surface area contributed by atoms with E-state index < -0.39 is 0 Å². The average Bonchev–Trinajstić information content (AvgIpc) is 2.99. The summed E-state index contributed by atoms with van der Waals surface area (Å²) in [5.41, 5.74) is 6.56. The van der Waals surface area contributed by atoms with Crippen LogP contribution in [0.15, 0.2) is 42.6 Å². The molecule has 108 valence electrons. The molecule has 0 bridgehead atoms. The largest absolute Gasteiger partial charge is 0.369 e. The summed E-state index contributed by atoms with van der Waals surface area (Å²) in [6, 6.07) is 12.0. The summed E-state index contributed by atoms with van der Waals surface area (Å²) in [5, 5.41) is 0. The van der Waals surface area contributed by atoms with Crippen molar-refractivity contribution in [1.82, 2.24) is 9.97 Å². The summed E-state index contributed by atoms with van der Waals surface area (Å²) in [6.45, 7) is 1.46. The Hall–Kier alpha value is -2.43. The number of benzene rings is 1. The van der Waals surface area contributed by atoms with Crippen LogP contribution in [-0.2, 0) is 11.2 Å². The molecule has 1 amide bonds. The first-order chi connectivity index (χ1) is 10.2. The molecule has 21 heavy (non-hydrogen) atoms. The number of amides is 1. The van der Waals surface area contributed by atoms with Crippen LogP contribution in [0.1, 0.15) is 17.8 Å². The summed E-state index contributed by atoms with van der Waals surface area (Å²) < 4.78 is 0. The number of aromatic nitrogens is 2. The van der Waals surface area contributed by atoms with Gasteiger partial charge in [-0.25, -0.2) is 9.97 Å². The number of anilines is 1. The van der Waals surface area contributed by atoms with Crippen LogP contribution < -0.4 is 10.6 Å². The topological polar surface area (TPSA) is 72.1 Å². The molecule has 1 saturated heterocycles. The molecule has 1 aliphatic heterocycles. The molecule has 1 fully saturated rings. The van der Waals surface area contributed by atoms with Crippen LogP contribution >= 0.6 is 0 Å². The Morgan fingerprint density at radius 1 is 1.29 bits per heavy atom. The van der Waals surface area contributed by atoms with Crippen LogP contribution in [0.3, 0.4) is 0 Å². The summed E-state index contributed by atoms with van der Waals surface area (Å²) >= 11 is 0. The van der Waals surface area contributed by atoms with Crippen molar-refractivity contribution < 1.29 is 4.79 Å². The van der Waals surface area contributed by atoms with E-state index in [2.05, 4.69) is 27.0 Å². The zero-order valence-corrected chi connectivity index (χ0v) is 11.8. The second-order valence-electron chi connectivity index (χ2n) is 5.33. The van der Waals surface area contributed by atoms with Crippen LogP contribution in [0.4, 0.5) is 5.82 Å². The maximum atomic E-state index is 11.2. The molecule has 2 heterocycles. The zero-order chi connectivity index (χ0) is 14.7. The number of carbonyl (C=O) groups excluding carboxylic acids is 1. The van der Waals surface area contributed by atoms with E-state index in [9.17, 15) is 4.79 Å². The lowest BCUT2D eigenvalue weighted by Crippen LogP contribution is -2.27. The minimum atomic E-state index is -0.226. The van der Waals surface area contributed by atoms with Crippen molar-refractivity contribution >= 4 is 11.7 Å². The third kappa shape index (κ3) is 3.18. The number of hydrogen-bond donors (Lipinski definition) is 1. The minimum Gasteiger partial charge on any atom is -0.369 e. The zero-order valence-electron chi connectivity index (χ0n) is 11.8. The summed E-state index contributed by atoms with van der Waals surface area (Å²) in [5.74, 6) is 1.37. The first-order valence-electron chi connectivity index (χ1n) is 7.12. The third-order valence-corrected chi connectivity index (χ3v) is 3.81. The van der Waals surface area contributed by atoms with E-state index in [0.717, 1.165) is 24.6 Å². The van der Waals surface area contributed by atoms with E-state index in [4.69, 9.17) is 5.73 Å². The molecule has 5 heteroatoms. The lowest BCUT2D eigenvalue weighted by Gasteiger charge is -2.17. The monoisotopic (exact) mass is 282 g/mol. The van der Waals surface area contributed by atoms with Gasteiger partial charge in [-0.05, 0) is 18.1 Å². The molecule has 1 aromatic carbocycles. The molecule has 2 N–H and O–H groups in total. The summed E-state index contributed by atoms with van der Waals surface area (Å²) in [4.78, 5) is 22.3. The van der Waals surface area contributed by atoms with Gasteiger partial charge in [-0.15, -0.1) is 0 Å². The molecule has 0 aliphatic carbocycles. The van der Waals surface area contributed by atoms with Crippen molar-refractivity contribution in [2.75, 3.05) is 18.0 Å². The first kappa shape index (κ1) is 13.5. The van der Waals surface area contributed by atoms with Crippen LogP contribution in [0.25, 0.3) is 0 Å². The van der Waals surface area contributed by atoms with Gasteiger partial charge >= 0.3 is 0 Å². The fraction of sp³-hybridized carbons (Fsp3) is 0.312. The van der Waals surface area contributed by atoms with Crippen molar-refractivity contribution in [3.8, 4) is 0 Å². The highest BCUT2D eigenvalue weighted by atomic mass is 16.1. The Morgan fingerprint density at radius 3 is 2.81 bits per heavy atom. The number of nitrogens with two attached hydrogens (primary N) is 1. The Kier molecular flexibility index (Phi) is 3.81. The maximum Gasteiger partial charge on any atom is 0.222 e. The quantitative estimate of drug-likeness (QED) is 0.919. The number of hydrogen-bond acceptors (Lipinski definition) is 4. The Morgan fingerprint density at radius 2 is 2.10 bits per heavy atom. The second-order valence-corrected chi connectivity index (χ2v) is 5.33. The van der Waals surface area contributed by atoms with Crippen molar-refractivity contribution in [1.29, 1.82) is 0 Å². The van der Waals surface area contributed by atoms with E-state index in [1.807, 2.05) is 24.3 Å². The molecule has 1 aromatic heterocycles. The van der Waals surface area contributed by atoms with Crippen LogP contribution in [0.5, 0.6) is 0 Å². The predicted molar refractivity (Wildman–Crippen MR) is 80.8 cm³/mol. The normalized spacial score (nSPS) is 17.9. The Bertz CT molecular complexity index is 629. The molecule has 1 aliphatic rings. The lowest BCUT2D eigenvalue weighted by atomic mass is 10.1. The van der Waals surface area contributed by atoms with Crippen molar-refractivity contribution in [3.05, 3.63) is 54.0 Å². The molecule has 0 saturated carbocycles. The average molecular weight is 282 g/mol. The Balaban J connectivity index is 1.73. The second kappa shape index (κ2) is 5.91. The highest BCUT2D eigenvalue weighted by Gasteiger charge is 2.27. The van der Waals surface area contributed by atoms with E-state index in [1.165, 1.54) is 5.56 Å². The van der Waals surface area contributed by atoms with Gasteiger partial charge in [0, 0.05) is 25.7 Å². The van der Waals surface area contributed by atoms with Crippen LogP contribution in [0.2, 0.25) is 0 Å². The van der Waals surface area contributed by atoms with E-state index in [-0.39, 0.29) is 11.8 Å². The molecule has 2 aromatic rings. The van der Waals surface area contributed by atoms with Crippen molar-refractivity contribution in [2.24, 2.45) is 11.7 Å². The van der Waals surface area contributed by atoms with Gasteiger partial charge in [0.2, 0.25) is 5.91 Å². The smallest absolute Gasteiger partial charge is 0.222 e. The van der Waals surface area contributed by atoms with Crippen LogP contribution in [0, 0.1) is 5.92 Å². The number of carbonyl (C=O) groups is 1. The maximum absolute atomic E-state index is 11.2. The number of rotatable bonds is 4. The molecule has 0 radical (unpaired) electrons. The predicted octanol–water partition coefficient (Wildman–Crippen LogP) is 1.38. The Labute approximate surface area is 123 Å². The van der Waals surface area contributed by atoms with Gasteiger partial charge in [0.15, 0.2) is 0 Å². The first-order valence-corrected chi connectivity index (χ1v) is 7.12. The highest BCUT2D eigenvalue weighted by Crippen LogP contribution is 2.22. The highest BCUT2D eigenvalue weighted by molar-refractivity contribution is 5.78. The van der Waals surface area contributed by atoms with E-state index in [0.29, 0.717) is 13.0 Å². The molecule has 5 nitrogen and oxygen atoms in total. The van der Waals surface area contributed by atoms with Gasteiger partial charge in [-0.1, -0.05) is 30.3 Å². The summed E-state index contributed by atoms with van der Waals surface area (Å²) in [6.07, 6.45) is 3.29. The minimum absolute atomic E-state index is 0.0717. The van der Waals surface area contributed by atoms with Gasteiger partial charge in [0.1, 0.15) is 11.6 Å². The molecular weight excluding hydrogens is 264 g/mol. The van der Waals surface area contributed by atoms with E-state index in [1.54, 1.807) is 6.20 Å². The molecule has 1 unspecified atom stereocenters. The van der Waals surface area contributed by atoms with Crippen molar-refractivity contribution in [2.45, 2.75) is 12.8 Å². The fourth-order valence-corrected chi connectivity index (χ4v) is 2.63.